The molecule has 0 radical (unpaired) electrons. The summed E-state index contributed by atoms with van der Waals surface area (Å²) in [5.41, 5.74) is 2.85. The summed E-state index contributed by atoms with van der Waals surface area (Å²) in [6.45, 7) is 6.55. The Bertz CT molecular complexity index is 323. The maximum atomic E-state index is 11.2. The minimum absolute atomic E-state index is 0.251. The van der Waals surface area contributed by atoms with Crippen LogP contribution in [0.1, 0.15) is 32.6 Å². The molecule has 1 aliphatic carbocycles. The van der Waals surface area contributed by atoms with E-state index in [2.05, 4.69) is 43.0 Å². The molecule has 5 nitrogen and oxygen atoms in total. The predicted octanol–water partition coefficient (Wildman–Crippen LogP) is 1.41. The second kappa shape index (κ2) is 8.39. The molecule has 0 bridgehead atoms. The predicted molar refractivity (Wildman–Crippen MR) is 81.3 cm³/mol. The average Bonchev–Trinajstić information content (AvgIpc) is 2.43. The number of hydrogen-bond acceptors (Lipinski definition) is 4. The van der Waals surface area contributed by atoms with E-state index in [-0.39, 0.29) is 5.91 Å². The van der Waals surface area contributed by atoms with Gasteiger partial charge in [0.25, 0.3) is 5.91 Å². The zero-order chi connectivity index (χ0) is 15.1. The van der Waals surface area contributed by atoms with Crippen LogP contribution in [0, 0.1) is 0 Å². The first kappa shape index (κ1) is 17.1. The minimum atomic E-state index is -0.251. The van der Waals surface area contributed by atoms with Crippen molar-refractivity contribution in [2.45, 2.75) is 44.7 Å². The van der Waals surface area contributed by atoms with Crippen molar-refractivity contribution in [1.29, 1.82) is 0 Å². The Morgan fingerprint density at radius 1 is 1.20 bits per heavy atom. The molecule has 1 saturated carbocycles. The molecule has 0 aromatic heterocycles. The topological polar surface area (TPSA) is 44.8 Å². The first-order chi connectivity index (χ1) is 9.41. The van der Waals surface area contributed by atoms with Crippen molar-refractivity contribution in [3.8, 4) is 0 Å². The Morgan fingerprint density at radius 3 is 2.25 bits per heavy atom. The second-order valence-electron chi connectivity index (χ2n) is 5.97. The lowest BCUT2D eigenvalue weighted by Crippen LogP contribution is -2.42. The SMILES string of the molecule is C=C(C)C(=O)NOCCN(C)C1CCC(N(C)C)CC1. The Balaban J connectivity index is 2.16. The van der Waals surface area contributed by atoms with Crippen molar-refractivity contribution < 1.29 is 9.63 Å². The summed E-state index contributed by atoms with van der Waals surface area (Å²) in [4.78, 5) is 21.1. The standard InChI is InChI=1S/C15H29N3O2/c1-12(2)15(19)16-20-11-10-18(5)14-8-6-13(7-9-14)17(3)4/h13-14H,1,6-11H2,2-5H3,(H,16,19). The zero-order valence-corrected chi connectivity index (χ0v) is 13.3. The summed E-state index contributed by atoms with van der Waals surface area (Å²) < 4.78 is 0. The highest BCUT2D eigenvalue weighted by Crippen LogP contribution is 2.24. The van der Waals surface area contributed by atoms with Crippen LogP contribution in [0.25, 0.3) is 0 Å². The highest BCUT2D eigenvalue weighted by atomic mass is 16.6. The molecular weight excluding hydrogens is 254 g/mol. The Hall–Kier alpha value is -0.910. The summed E-state index contributed by atoms with van der Waals surface area (Å²) in [5.74, 6) is -0.251. The largest absolute Gasteiger partial charge is 0.306 e. The number of carbonyl (C=O) groups is 1. The van der Waals surface area contributed by atoms with E-state index in [0.717, 1.165) is 12.6 Å². The third-order valence-electron chi connectivity index (χ3n) is 4.12. The van der Waals surface area contributed by atoms with Gasteiger partial charge < -0.3 is 9.80 Å². The quantitative estimate of drug-likeness (QED) is 0.436. The number of hydroxylamine groups is 1. The molecule has 0 aromatic rings. The van der Waals surface area contributed by atoms with E-state index in [1.807, 2.05) is 0 Å². The van der Waals surface area contributed by atoms with Gasteiger partial charge in [0.1, 0.15) is 0 Å². The number of amides is 1. The Labute approximate surface area is 122 Å². The highest BCUT2D eigenvalue weighted by Gasteiger charge is 2.24. The molecule has 0 aromatic carbocycles. The molecule has 116 valence electrons. The van der Waals surface area contributed by atoms with Crippen molar-refractivity contribution in [2.24, 2.45) is 0 Å². The van der Waals surface area contributed by atoms with Crippen LogP contribution in [0.15, 0.2) is 12.2 Å². The molecule has 0 saturated heterocycles. The second-order valence-corrected chi connectivity index (χ2v) is 5.97. The van der Waals surface area contributed by atoms with Gasteiger partial charge in [-0.2, -0.15) is 0 Å². The fourth-order valence-electron chi connectivity index (χ4n) is 2.59. The first-order valence-electron chi connectivity index (χ1n) is 7.36. The number of hydrogen-bond donors (Lipinski definition) is 1. The van der Waals surface area contributed by atoms with Crippen molar-refractivity contribution in [3.63, 3.8) is 0 Å². The summed E-state index contributed by atoms with van der Waals surface area (Å²) in [5, 5.41) is 0. The van der Waals surface area contributed by atoms with Crippen LogP contribution in [0.2, 0.25) is 0 Å². The molecule has 1 N–H and O–H groups in total. The van der Waals surface area contributed by atoms with E-state index in [0.29, 0.717) is 18.2 Å². The van der Waals surface area contributed by atoms with E-state index in [1.54, 1.807) is 6.92 Å². The van der Waals surface area contributed by atoms with Gasteiger partial charge in [-0.3, -0.25) is 9.63 Å². The summed E-state index contributed by atoms with van der Waals surface area (Å²) in [7, 11) is 6.45. The van der Waals surface area contributed by atoms with Crippen molar-refractivity contribution >= 4 is 5.91 Å². The van der Waals surface area contributed by atoms with Gasteiger partial charge in [0.05, 0.1) is 6.61 Å². The van der Waals surface area contributed by atoms with E-state index in [4.69, 9.17) is 4.84 Å². The van der Waals surface area contributed by atoms with E-state index >= 15 is 0 Å². The van der Waals surface area contributed by atoms with Crippen LogP contribution >= 0.6 is 0 Å². The third kappa shape index (κ3) is 5.61. The molecule has 1 rings (SSSR count). The number of carbonyl (C=O) groups excluding carboxylic acids is 1. The number of rotatable bonds is 7. The smallest absolute Gasteiger partial charge is 0.269 e. The molecule has 1 amide bonds. The molecule has 20 heavy (non-hydrogen) atoms. The molecule has 0 atom stereocenters. The number of nitrogens with one attached hydrogen (secondary N) is 1. The van der Waals surface area contributed by atoms with Crippen molar-refractivity contribution in [3.05, 3.63) is 12.2 Å². The maximum Gasteiger partial charge on any atom is 0.269 e. The summed E-state index contributed by atoms with van der Waals surface area (Å²) >= 11 is 0. The van der Waals surface area contributed by atoms with Gasteiger partial charge in [0.15, 0.2) is 0 Å². The van der Waals surface area contributed by atoms with Gasteiger partial charge in [0.2, 0.25) is 0 Å². The maximum absolute atomic E-state index is 11.2. The summed E-state index contributed by atoms with van der Waals surface area (Å²) in [6.07, 6.45) is 4.99. The fourth-order valence-corrected chi connectivity index (χ4v) is 2.59. The molecule has 0 unspecified atom stereocenters. The highest BCUT2D eigenvalue weighted by molar-refractivity contribution is 5.91. The van der Waals surface area contributed by atoms with Crippen LogP contribution in [0.5, 0.6) is 0 Å². The Kier molecular flexibility index (Phi) is 7.19. The zero-order valence-electron chi connectivity index (χ0n) is 13.3. The number of nitrogens with zero attached hydrogens (tertiary/aromatic N) is 2. The molecule has 0 aliphatic heterocycles. The lowest BCUT2D eigenvalue weighted by atomic mass is 9.90. The van der Waals surface area contributed by atoms with Gasteiger partial charge in [-0.05, 0) is 53.8 Å². The summed E-state index contributed by atoms with van der Waals surface area (Å²) in [6, 6.07) is 1.36. The monoisotopic (exact) mass is 283 g/mol. The molecule has 1 aliphatic rings. The van der Waals surface area contributed by atoms with E-state index in [1.165, 1.54) is 25.7 Å². The van der Waals surface area contributed by atoms with Gasteiger partial charge in [-0.15, -0.1) is 0 Å². The lowest BCUT2D eigenvalue weighted by molar-refractivity contribution is -0.129. The van der Waals surface area contributed by atoms with Gasteiger partial charge in [-0.25, -0.2) is 5.48 Å². The lowest BCUT2D eigenvalue weighted by Gasteiger charge is -2.37. The van der Waals surface area contributed by atoms with Gasteiger partial charge in [0, 0.05) is 24.2 Å². The van der Waals surface area contributed by atoms with Crippen LogP contribution in [-0.4, -0.2) is 62.1 Å². The minimum Gasteiger partial charge on any atom is -0.306 e. The van der Waals surface area contributed by atoms with Gasteiger partial charge in [-0.1, -0.05) is 6.58 Å². The third-order valence-corrected chi connectivity index (χ3v) is 4.12. The molecule has 1 fully saturated rings. The number of likely N-dealkylation sites (N-methyl/N-ethyl adjacent to an activating group) is 1. The van der Waals surface area contributed by atoms with Gasteiger partial charge >= 0.3 is 0 Å². The van der Waals surface area contributed by atoms with Crippen LogP contribution < -0.4 is 5.48 Å². The van der Waals surface area contributed by atoms with E-state index in [9.17, 15) is 4.79 Å². The normalized spacial score (nSPS) is 23.1. The van der Waals surface area contributed by atoms with Crippen molar-refractivity contribution in [2.75, 3.05) is 34.3 Å². The van der Waals surface area contributed by atoms with Crippen LogP contribution in [-0.2, 0) is 9.63 Å². The van der Waals surface area contributed by atoms with Crippen LogP contribution in [0.3, 0.4) is 0 Å². The molecule has 5 heteroatoms. The van der Waals surface area contributed by atoms with Crippen LogP contribution in [0.4, 0.5) is 0 Å². The molecular formula is C15H29N3O2. The van der Waals surface area contributed by atoms with E-state index < -0.39 is 0 Å². The molecule has 0 spiro atoms. The average molecular weight is 283 g/mol. The Morgan fingerprint density at radius 2 is 1.75 bits per heavy atom. The molecule has 0 heterocycles. The first-order valence-corrected chi connectivity index (χ1v) is 7.36. The van der Waals surface area contributed by atoms with Crippen molar-refractivity contribution in [1.82, 2.24) is 15.3 Å². The fraction of sp³-hybridized carbons (Fsp3) is 0.800.